The summed E-state index contributed by atoms with van der Waals surface area (Å²) in [7, 11) is 0. The van der Waals surface area contributed by atoms with Crippen LogP contribution >= 0.6 is 11.6 Å². The summed E-state index contributed by atoms with van der Waals surface area (Å²) >= 11 is 6.00. The first-order chi connectivity index (χ1) is 7.74. The monoisotopic (exact) mass is 245 g/mol. The standard InChI is InChI=1S/C11H17ClFN3/c1-2-16-11(9(12)7-15-16)10(13)8-3-5-14-6-4-8/h7-8,10,14H,2-6H2,1H3. The van der Waals surface area contributed by atoms with Crippen molar-refractivity contribution in [1.82, 2.24) is 15.1 Å². The Labute approximate surface area is 100.0 Å². The van der Waals surface area contributed by atoms with Crippen LogP contribution in [0.2, 0.25) is 5.02 Å². The molecule has 5 heteroatoms. The van der Waals surface area contributed by atoms with Gasteiger partial charge in [0.05, 0.1) is 16.9 Å². The summed E-state index contributed by atoms with van der Waals surface area (Å²) < 4.78 is 16.1. The molecular weight excluding hydrogens is 229 g/mol. The van der Waals surface area contributed by atoms with Crippen LogP contribution in [0.25, 0.3) is 0 Å². The first kappa shape index (κ1) is 11.9. The molecule has 0 amide bonds. The maximum atomic E-state index is 14.4. The summed E-state index contributed by atoms with van der Waals surface area (Å²) in [5.41, 5.74) is 0.552. The molecule has 16 heavy (non-hydrogen) atoms. The van der Waals surface area contributed by atoms with Crippen LogP contribution in [0.4, 0.5) is 4.39 Å². The molecule has 1 saturated heterocycles. The molecule has 1 fully saturated rings. The molecule has 0 saturated carbocycles. The molecule has 0 bridgehead atoms. The van der Waals surface area contributed by atoms with Gasteiger partial charge >= 0.3 is 0 Å². The van der Waals surface area contributed by atoms with E-state index in [-0.39, 0.29) is 5.92 Å². The summed E-state index contributed by atoms with van der Waals surface area (Å²) in [6, 6.07) is 0. The number of rotatable bonds is 3. The lowest BCUT2D eigenvalue weighted by atomic mass is 9.91. The first-order valence-corrected chi connectivity index (χ1v) is 6.17. The SMILES string of the molecule is CCn1ncc(Cl)c1C(F)C1CCNCC1. The number of nitrogens with one attached hydrogen (secondary N) is 1. The Morgan fingerprint density at radius 3 is 2.94 bits per heavy atom. The fraction of sp³-hybridized carbons (Fsp3) is 0.727. The molecule has 0 aliphatic carbocycles. The summed E-state index contributed by atoms with van der Waals surface area (Å²) in [6.45, 7) is 4.39. The molecule has 0 aromatic carbocycles. The Morgan fingerprint density at radius 1 is 1.62 bits per heavy atom. The van der Waals surface area contributed by atoms with Crippen LogP contribution in [-0.4, -0.2) is 22.9 Å². The van der Waals surface area contributed by atoms with E-state index >= 15 is 0 Å². The first-order valence-electron chi connectivity index (χ1n) is 5.80. The van der Waals surface area contributed by atoms with Crippen LogP contribution in [-0.2, 0) is 6.54 Å². The molecule has 2 rings (SSSR count). The molecule has 0 radical (unpaired) electrons. The second-order valence-corrected chi connectivity index (χ2v) is 4.59. The Hall–Kier alpha value is -0.610. The zero-order valence-corrected chi connectivity index (χ0v) is 10.2. The highest BCUT2D eigenvalue weighted by molar-refractivity contribution is 6.31. The quantitative estimate of drug-likeness (QED) is 0.887. The van der Waals surface area contributed by atoms with Crippen LogP contribution in [0.5, 0.6) is 0 Å². The Balaban J connectivity index is 2.18. The van der Waals surface area contributed by atoms with Gasteiger partial charge < -0.3 is 5.32 Å². The van der Waals surface area contributed by atoms with Gasteiger partial charge in [0.1, 0.15) is 6.17 Å². The maximum absolute atomic E-state index is 14.4. The molecule has 1 aromatic rings. The van der Waals surface area contributed by atoms with Gasteiger partial charge in [0.2, 0.25) is 0 Å². The molecule has 90 valence electrons. The average molecular weight is 246 g/mol. The molecule has 1 atom stereocenters. The van der Waals surface area contributed by atoms with Crippen LogP contribution < -0.4 is 5.32 Å². The maximum Gasteiger partial charge on any atom is 0.146 e. The van der Waals surface area contributed by atoms with Crippen molar-refractivity contribution in [2.24, 2.45) is 5.92 Å². The van der Waals surface area contributed by atoms with Gasteiger partial charge in [0.25, 0.3) is 0 Å². The summed E-state index contributed by atoms with van der Waals surface area (Å²) in [5.74, 6) is 0.0701. The van der Waals surface area contributed by atoms with E-state index in [1.807, 2.05) is 6.92 Å². The minimum absolute atomic E-state index is 0.0701. The van der Waals surface area contributed by atoms with Crippen LogP contribution in [0.1, 0.15) is 31.6 Å². The smallest absolute Gasteiger partial charge is 0.146 e. The number of hydrogen-bond donors (Lipinski definition) is 1. The van der Waals surface area contributed by atoms with Gasteiger partial charge in [0.15, 0.2) is 0 Å². The predicted octanol–water partition coefficient (Wildman–Crippen LogP) is 2.57. The van der Waals surface area contributed by atoms with E-state index in [1.54, 1.807) is 4.68 Å². The number of aryl methyl sites for hydroxylation is 1. The van der Waals surface area contributed by atoms with Crippen molar-refractivity contribution in [3.8, 4) is 0 Å². The van der Waals surface area contributed by atoms with Gasteiger partial charge in [-0.25, -0.2) is 4.39 Å². The van der Waals surface area contributed by atoms with E-state index in [2.05, 4.69) is 10.4 Å². The van der Waals surface area contributed by atoms with Gasteiger partial charge in [-0.05, 0) is 38.8 Å². The Kier molecular flexibility index (Phi) is 3.82. The van der Waals surface area contributed by atoms with E-state index in [0.717, 1.165) is 25.9 Å². The topological polar surface area (TPSA) is 29.9 Å². The van der Waals surface area contributed by atoms with Crippen molar-refractivity contribution in [3.05, 3.63) is 16.9 Å². The van der Waals surface area contributed by atoms with Crippen molar-refractivity contribution in [3.63, 3.8) is 0 Å². The molecule has 0 spiro atoms. The molecule has 1 unspecified atom stereocenters. The van der Waals surface area contributed by atoms with Crippen LogP contribution in [0.3, 0.4) is 0 Å². The number of alkyl halides is 1. The molecule has 1 aliphatic rings. The largest absolute Gasteiger partial charge is 0.317 e. The average Bonchev–Trinajstić information content (AvgIpc) is 2.70. The van der Waals surface area contributed by atoms with Gasteiger partial charge in [0, 0.05) is 6.54 Å². The van der Waals surface area contributed by atoms with Gasteiger partial charge in [-0.15, -0.1) is 0 Å². The van der Waals surface area contributed by atoms with Crippen LogP contribution in [0.15, 0.2) is 6.20 Å². The van der Waals surface area contributed by atoms with Crippen molar-refractivity contribution >= 4 is 11.6 Å². The minimum atomic E-state index is -0.989. The fourth-order valence-corrected chi connectivity index (χ4v) is 2.50. The number of hydrogen-bond acceptors (Lipinski definition) is 2. The number of aromatic nitrogens is 2. The third kappa shape index (κ3) is 2.23. The molecule has 1 N–H and O–H groups in total. The molecule has 3 nitrogen and oxygen atoms in total. The molecule has 1 aliphatic heterocycles. The lowest BCUT2D eigenvalue weighted by Crippen LogP contribution is -2.30. The van der Waals surface area contributed by atoms with E-state index in [1.165, 1.54) is 6.20 Å². The van der Waals surface area contributed by atoms with Crippen LogP contribution in [0, 0.1) is 5.92 Å². The Bertz CT molecular complexity index is 347. The number of nitrogens with zero attached hydrogens (tertiary/aromatic N) is 2. The molecule has 2 heterocycles. The number of halogens is 2. The zero-order chi connectivity index (χ0) is 11.5. The number of piperidine rings is 1. The van der Waals surface area contributed by atoms with Crippen molar-refractivity contribution in [2.45, 2.75) is 32.5 Å². The third-order valence-corrected chi connectivity index (χ3v) is 3.48. The second kappa shape index (κ2) is 5.15. The van der Waals surface area contributed by atoms with Crippen molar-refractivity contribution < 1.29 is 4.39 Å². The van der Waals surface area contributed by atoms with E-state index in [0.29, 0.717) is 17.3 Å². The highest BCUT2D eigenvalue weighted by Crippen LogP contribution is 2.35. The fourth-order valence-electron chi connectivity index (χ4n) is 2.26. The minimum Gasteiger partial charge on any atom is -0.317 e. The summed E-state index contributed by atoms with van der Waals surface area (Å²) in [4.78, 5) is 0. The molecule has 1 aromatic heterocycles. The molecular formula is C11H17ClFN3. The van der Waals surface area contributed by atoms with E-state index in [4.69, 9.17) is 11.6 Å². The zero-order valence-electron chi connectivity index (χ0n) is 9.42. The second-order valence-electron chi connectivity index (χ2n) is 4.18. The van der Waals surface area contributed by atoms with Gasteiger partial charge in [-0.3, -0.25) is 4.68 Å². The van der Waals surface area contributed by atoms with E-state index in [9.17, 15) is 4.39 Å². The lowest BCUT2D eigenvalue weighted by molar-refractivity contribution is 0.180. The summed E-state index contributed by atoms with van der Waals surface area (Å²) in [6.07, 6.45) is 2.28. The van der Waals surface area contributed by atoms with Crippen molar-refractivity contribution in [2.75, 3.05) is 13.1 Å². The van der Waals surface area contributed by atoms with E-state index < -0.39 is 6.17 Å². The highest BCUT2D eigenvalue weighted by Gasteiger charge is 2.29. The third-order valence-electron chi connectivity index (χ3n) is 3.19. The normalized spacial score (nSPS) is 19.9. The lowest BCUT2D eigenvalue weighted by Gasteiger charge is -2.26. The Morgan fingerprint density at radius 2 is 2.31 bits per heavy atom. The highest BCUT2D eigenvalue weighted by atomic mass is 35.5. The summed E-state index contributed by atoms with van der Waals surface area (Å²) in [5, 5.41) is 7.77. The van der Waals surface area contributed by atoms with Gasteiger partial charge in [-0.1, -0.05) is 11.6 Å². The van der Waals surface area contributed by atoms with Crippen molar-refractivity contribution in [1.29, 1.82) is 0 Å². The van der Waals surface area contributed by atoms with Gasteiger partial charge in [-0.2, -0.15) is 5.10 Å². The predicted molar refractivity (Wildman–Crippen MR) is 62.4 cm³/mol.